The highest BCUT2D eigenvalue weighted by atomic mass is 16.5. The smallest absolute Gasteiger partial charge is 0.246 e. The van der Waals surface area contributed by atoms with Crippen LogP contribution in [-0.4, -0.2) is 57.2 Å². The van der Waals surface area contributed by atoms with Crippen molar-refractivity contribution in [2.24, 2.45) is 0 Å². The molecule has 2 aliphatic heterocycles. The number of benzene rings is 2. The van der Waals surface area contributed by atoms with Gasteiger partial charge in [-0.3, -0.25) is 4.79 Å². The van der Waals surface area contributed by atoms with E-state index in [9.17, 15) is 4.79 Å². The number of methoxy groups -OCH3 is 1. The molecule has 164 valence electrons. The quantitative estimate of drug-likeness (QED) is 0.672. The molecule has 4 rings (SSSR count). The van der Waals surface area contributed by atoms with E-state index < -0.39 is 0 Å². The van der Waals surface area contributed by atoms with Crippen molar-refractivity contribution in [2.75, 3.05) is 56.2 Å². The van der Waals surface area contributed by atoms with E-state index >= 15 is 0 Å². The fraction of sp³-hybridized carbons (Fsp3) is 0.423. The topological polar surface area (TPSA) is 36.0 Å². The molecule has 0 spiro atoms. The summed E-state index contributed by atoms with van der Waals surface area (Å²) in [7, 11) is 1.69. The average molecular weight is 420 g/mol. The molecular formula is C26H33N3O2. The molecule has 2 aromatic rings. The summed E-state index contributed by atoms with van der Waals surface area (Å²) in [6.07, 6.45) is 8.88. The first-order valence-corrected chi connectivity index (χ1v) is 11.4. The van der Waals surface area contributed by atoms with Gasteiger partial charge in [-0.05, 0) is 48.7 Å². The number of amides is 1. The highest BCUT2D eigenvalue weighted by molar-refractivity contribution is 5.92. The number of rotatable bonds is 5. The van der Waals surface area contributed by atoms with Gasteiger partial charge in [-0.2, -0.15) is 0 Å². The zero-order valence-corrected chi connectivity index (χ0v) is 18.5. The Bertz CT molecular complexity index is 878. The van der Waals surface area contributed by atoms with E-state index in [0.29, 0.717) is 0 Å². The van der Waals surface area contributed by atoms with E-state index in [2.05, 4.69) is 40.1 Å². The monoisotopic (exact) mass is 419 g/mol. The van der Waals surface area contributed by atoms with Crippen LogP contribution in [0.2, 0.25) is 0 Å². The van der Waals surface area contributed by atoms with E-state index in [1.54, 1.807) is 13.2 Å². The number of anilines is 2. The molecule has 2 saturated heterocycles. The van der Waals surface area contributed by atoms with Crippen LogP contribution in [0.25, 0.3) is 6.08 Å². The van der Waals surface area contributed by atoms with Gasteiger partial charge < -0.3 is 19.4 Å². The second-order valence-corrected chi connectivity index (χ2v) is 8.34. The van der Waals surface area contributed by atoms with Crippen molar-refractivity contribution in [3.63, 3.8) is 0 Å². The predicted molar refractivity (Wildman–Crippen MR) is 128 cm³/mol. The average Bonchev–Trinajstić information content (AvgIpc) is 3.13. The zero-order valence-electron chi connectivity index (χ0n) is 18.5. The lowest BCUT2D eigenvalue weighted by Gasteiger charge is -2.35. The van der Waals surface area contributed by atoms with Crippen molar-refractivity contribution in [2.45, 2.75) is 25.7 Å². The largest absolute Gasteiger partial charge is 0.497 e. The Kier molecular flexibility index (Phi) is 7.13. The van der Waals surface area contributed by atoms with Crippen LogP contribution in [0.3, 0.4) is 0 Å². The molecule has 5 nitrogen and oxygen atoms in total. The van der Waals surface area contributed by atoms with Crippen LogP contribution in [0.1, 0.15) is 31.2 Å². The minimum atomic E-state index is 0.0851. The lowest BCUT2D eigenvalue weighted by molar-refractivity contribution is -0.126. The molecule has 0 radical (unpaired) electrons. The second kappa shape index (κ2) is 10.4. The number of carbonyl (C=O) groups excluding carboxylic acids is 1. The Hall–Kier alpha value is -2.95. The molecule has 5 heteroatoms. The summed E-state index contributed by atoms with van der Waals surface area (Å²) < 4.78 is 5.32. The third-order valence-corrected chi connectivity index (χ3v) is 6.29. The Morgan fingerprint density at radius 1 is 0.806 bits per heavy atom. The van der Waals surface area contributed by atoms with Gasteiger partial charge in [-0.15, -0.1) is 0 Å². The lowest BCUT2D eigenvalue weighted by atomic mass is 10.1. The third-order valence-electron chi connectivity index (χ3n) is 6.29. The first kappa shape index (κ1) is 21.3. The highest BCUT2D eigenvalue weighted by Gasteiger charge is 2.20. The van der Waals surface area contributed by atoms with Gasteiger partial charge in [0.1, 0.15) is 5.75 Å². The normalized spacial score (nSPS) is 17.6. The molecule has 1 amide bonds. The summed E-state index contributed by atoms with van der Waals surface area (Å²) in [5.74, 6) is 0.947. The zero-order chi connectivity index (χ0) is 21.5. The van der Waals surface area contributed by atoms with Crippen molar-refractivity contribution >= 4 is 23.4 Å². The van der Waals surface area contributed by atoms with Gasteiger partial charge in [0.15, 0.2) is 0 Å². The Balaban J connectivity index is 1.29. The van der Waals surface area contributed by atoms with Crippen LogP contribution in [0.4, 0.5) is 11.4 Å². The molecule has 2 heterocycles. The number of carbonyl (C=O) groups is 1. The van der Waals surface area contributed by atoms with Crippen LogP contribution < -0.4 is 14.5 Å². The number of ether oxygens (including phenoxy) is 1. The van der Waals surface area contributed by atoms with Gasteiger partial charge >= 0.3 is 0 Å². The van der Waals surface area contributed by atoms with E-state index in [1.807, 2.05) is 29.2 Å². The van der Waals surface area contributed by atoms with Crippen LogP contribution in [0.5, 0.6) is 5.75 Å². The van der Waals surface area contributed by atoms with E-state index in [1.165, 1.54) is 31.4 Å². The summed E-state index contributed by atoms with van der Waals surface area (Å²) in [5, 5.41) is 0. The minimum Gasteiger partial charge on any atom is -0.497 e. The third kappa shape index (κ3) is 5.60. The molecule has 0 aliphatic carbocycles. The maximum absolute atomic E-state index is 12.7. The van der Waals surface area contributed by atoms with Gasteiger partial charge in [0.2, 0.25) is 5.91 Å². The Labute approximate surface area is 185 Å². The molecular weight excluding hydrogens is 386 g/mol. The van der Waals surface area contributed by atoms with Gasteiger partial charge in [0.25, 0.3) is 0 Å². The molecule has 2 aliphatic rings. The molecule has 0 aromatic heterocycles. The number of piperazine rings is 1. The summed E-state index contributed by atoms with van der Waals surface area (Å²) in [6, 6.07) is 16.7. The predicted octanol–water partition coefficient (Wildman–Crippen LogP) is 4.44. The molecule has 2 fully saturated rings. The highest BCUT2D eigenvalue weighted by Crippen LogP contribution is 2.23. The van der Waals surface area contributed by atoms with Crippen LogP contribution in [0, 0.1) is 0 Å². The Morgan fingerprint density at radius 2 is 1.48 bits per heavy atom. The number of nitrogens with zero attached hydrogens (tertiary/aromatic N) is 3. The van der Waals surface area contributed by atoms with Crippen molar-refractivity contribution in [3.8, 4) is 5.75 Å². The summed E-state index contributed by atoms with van der Waals surface area (Å²) in [5.41, 5.74) is 3.51. The van der Waals surface area contributed by atoms with Crippen LogP contribution >= 0.6 is 0 Å². The van der Waals surface area contributed by atoms with Crippen LogP contribution in [0.15, 0.2) is 54.6 Å². The summed E-state index contributed by atoms with van der Waals surface area (Å²) in [4.78, 5) is 19.4. The first-order valence-electron chi connectivity index (χ1n) is 11.4. The van der Waals surface area contributed by atoms with E-state index in [4.69, 9.17) is 4.74 Å². The minimum absolute atomic E-state index is 0.0851. The Morgan fingerprint density at radius 3 is 2.16 bits per heavy atom. The molecule has 0 unspecified atom stereocenters. The van der Waals surface area contributed by atoms with Crippen LogP contribution in [-0.2, 0) is 4.79 Å². The maximum atomic E-state index is 12.7. The van der Waals surface area contributed by atoms with E-state index in [0.717, 1.165) is 56.3 Å². The van der Waals surface area contributed by atoms with Gasteiger partial charge in [0, 0.05) is 62.8 Å². The summed E-state index contributed by atoms with van der Waals surface area (Å²) >= 11 is 0. The van der Waals surface area contributed by atoms with Crippen molar-refractivity contribution in [3.05, 3.63) is 60.2 Å². The number of hydrogen-bond donors (Lipinski definition) is 0. The van der Waals surface area contributed by atoms with E-state index in [-0.39, 0.29) is 5.91 Å². The van der Waals surface area contributed by atoms with Crippen molar-refractivity contribution < 1.29 is 9.53 Å². The standard InChI is InChI=1S/C26H33N3O2/c1-31-25-8-6-7-24(21-25)28-17-19-29(20-18-28)26(30)14-11-22-9-12-23(13-10-22)27-15-4-2-3-5-16-27/h6-14,21H,2-5,15-20H2,1H3/b14-11+. The first-order chi connectivity index (χ1) is 15.2. The molecule has 0 N–H and O–H groups in total. The molecule has 0 atom stereocenters. The van der Waals surface area contributed by atoms with Crippen molar-refractivity contribution in [1.82, 2.24) is 4.90 Å². The van der Waals surface area contributed by atoms with Crippen molar-refractivity contribution in [1.29, 1.82) is 0 Å². The SMILES string of the molecule is COc1cccc(N2CCN(C(=O)/C=C/c3ccc(N4CCCCCC4)cc3)CC2)c1. The maximum Gasteiger partial charge on any atom is 0.246 e. The second-order valence-electron chi connectivity index (χ2n) is 8.34. The van der Waals surface area contributed by atoms with Gasteiger partial charge in [0.05, 0.1) is 7.11 Å². The molecule has 31 heavy (non-hydrogen) atoms. The van der Waals surface area contributed by atoms with Gasteiger partial charge in [-0.1, -0.05) is 31.0 Å². The summed E-state index contributed by atoms with van der Waals surface area (Å²) in [6.45, 7) is 5.42. The number of hydrogen-bond acceptors (Lipinski definition) is 4. The molecule has 0 bridgehead atoms. The molecule has 2 aromatic carbocycles. The lowest BCUT2D eigenvalue weighted by Crippen LogP contribution is -2.48. The fourth-order valence-corrected chi connectivity index (χ4v) is 4.39. The molecule has 0 saturated carbocycles. The fourth-order valence-electron chi connectivity index (χ4n) is 4.39. The van der Waals surface area contributed by atoms with Gasteiger partial charge in [-0.25, -0.2) is 0 Å².